The number of carboxylic acid groups (broad SMARTS) is 1. The Bertz CT molecular complexity index is 451. The SMILES string of the molecule is CC(C)C(C(=O)NCC(=O)O)N(CF)c1ccccc1. The molecule has 1 atom stereocenters. The summed E-state index contributed by atoms with van der Waals surface area (Å²) in [5.74, 6) is -1.80. The molecule has 0 radical (unpaired) electrons. The molecule has 2 N–H and O–H groups in total. The van der Waals surface area contributed by atoms with Gasteiger partial charge in [-0.25, -0.2) is 4.39 Å². The zero-order valence-corrected chi connectivity index (χ0v) is 11.5. The van der Waals surface area contributed by atoms with Gasteiger partial charge in [0.05, 0.1) is 0 Å². The third-order valence-corrected chi connectivity index (χ3v) is 2.87. The van der Waals surface area contributed by atoms with Crippen molar-refractivity contribution in [2.75, 3.05) is 18.2 Å². The van der Waals surface area contributed by atoms with Crippen LogP contribution in [-0.4, -0.2) is 36.4 Å². The molecule has 0 aliphatic rings. The molecule has 0 aliphatic carbocycles. The van der Waals surface area contributed by atoms with Crippen molar-refractivity contribution in [3.05, 3.63) is 30.3 Å². The molecule has 20 heavy (non-hydrogen) atoms. The molecular weight excluding hydrogens is 263 g/mol. The van der Waals surface area contributed by atoms with Crippen molar-refractivity contribution in [2.45, 2.75) is 19.9 Å². The second-order valence-corrected chi connectivity index (χ2v) is 4.73. The third kappa shape index (κ3) is 4.22. The highest BCUT2D eigenvalue weighted by Crippen LogP contribution is 2.21. The monoisotopic (exact) mass is 282 g/mol. The lowest BCUT2D eigenvalue weighted by Crippen LogP contribution is -2.50. The number of carbonyl (C=O) groups excluding carboxylic acids is 1. The number of benzene rings is 1. The predicted molar refractivity (Wildman–Crippen MR) is 74.2 cm³/mol. The van der Waals surface area contributed by atoms with Gasteiger partial charge in [0.1, 0.15) is 12.6 Å². The molecule has 0 aliphatic heterocycles. The van der Waals surface area contributed by atoms with Crippen molar-refractivity contribution in [3.8, 4) is 0 Å². The van der Waals surface area contributed by atoms with E-state index in [4.69, 9.17) is 5.11 Å². The van der Waals surface area contributed by atoms with Crippen LogP contribution in [0.4, 0.5) is 10.1 Å². The average Bonchev–Trinajstić information content (AvgIpc) is 2.42. The van der Waals surface area contributed by atoms with E-state index in [2.05, 4.69) is 5.32 Å². The van der Waals surface area contributed by atoms with Crippen molar-refractivity contribution < 1.29 is 19.1 Å². The van der Waals surface area contributed by atoms with Gasteiger partial charge < -0.3 is 15.3 Å². The molecule has 0 spiro atoms. The van der Waals surface area contributed by atoms with Crippen LogP contribution >= 0.6 is 0 Å². The van der Waals surface area contributed by atoms with Crippen LogP contribution in [0.15, 0.2) is 30.3 Å². The highest BCUT2D eigenvalue weighted by molar-refractivity contribution is 5.88. The largest absolute Gasteiger partial charge is 0.480 e. The van der Waals surface area contributed by atoms with Crippen LogP contribution in [-0.2, 0) is 9.59 Å². The van der Waals surface area contributed by atoms with E-state index in [1.807, 2.05) is 0 Å². The number of hydrogen-bond acceptors (Lipinski definition) is 3. The minimum absolute atomic E-state index is 0.167. The number of hydrogen-bond donors (Lipinski definition) is 2. The molecule has 0 fully saturated rings. The van der Waals surface area contributed by atoms with Crippen molar-refractivity contribution in [3.63, 3.8) is 0 Å². The van der Waals surface area contributed by atoms with Gasteiger partial charge in [0.15, 0.2) is 6.80 Å². The number of halogens is 1. The smallest absolute Gasteiger partial charge is 0.322 e. The lowest BCUT2D eigenvalue weighted by atomic mass is 10.0. The molecule has 110 valence electrons. The molecule has 1 unspecified atom stereocenters. The first-order valence-corrected chi connectivity index (χ1v) is 6.34. The summed E-state index contributed by atoms with van der Waals surface area (Å²) < 4.78 is 13.3. The summed E-state index contributed by atoms with van der Waals surface area (Å²) in [6.45, 7) is 2.28. The van der Waals surface area contributed by atoms with E-state index in [0.29, 0.717) is 5.69 Å². The van der Waals surface area contributed by atoms with Crippen molar-refractivity contribution >= 4 is 17.6 Å². The number of rotatable bonds is 7. The molecule has 1 aromatic carbocycles. The van der Waals surface area contributed by atoms with Gasteiger partial charge in [0.2, 0.25) is 5.91 Å². The highest BCUT2D eigenvalue weighted by Gasteiger charge is 2.29. The first-order chi connectivity index (χ1) is 9.47. The van der Waals surface area contributed by atoms with Crippen LogP contribution in [0.3, 0.4) is 0 Å². The fourth-order valence-corrected chi connectivity index (χ4v) is 1.99. The Balaban J connectivity index is 2.93. The number of aliphatic carboxylic acids is 1. The standard InChI is InChI=1S/C14H19FN2O3/c1-10(2)13(14(20)16-8-12(18)19)17(9-15)11-6-4-3-5-7-11/h3-7,10,13H,8-9H2,1-2H3,(H,16,20)(H,18,19). The van der Waals surface area contributed by atoms with E-state index in [9.17, 15) is 14.0 Å². The molecule has 1 rings (SSSR count). The average molecular weight is 282 g/mol. The molecule has 1 amide bonds. The minimum atomic E-state index is -1.13. The zero-order chi connectivity index (χ0) is 15.1. The number of amides is 1. The third-order valence-electron chi connectivity index (χ3n) is 2.87. The number of nitrogens with zero attached hydrogens (tertiary/aromatic N) is 1. The second-order valence-electron chi connectivity index (χ2n) is 4.73. The van der Waals surface area contributed by atoms with Gasteiger partial charge in [-0.05, 0) is 18.1 Å². The van der Waals surface area contributed by atoms with Crippen LogP contribution in [0.1, 0.15) is 13.8 Å². The molecule has 0 saturated carbocycles. The van der Waals surface area contributed by atoms with Gasteiger partial charge in [-0.3, -0.25) is 9.59 Å². The topological polar surface area (TPSA) is 69.6 Å². The maximum absolute atomic E-state index is 13.3. The Hall–Kier alpha value is -2.11. The zero-order valence-electron chi connectivity index (χ0n) is 11.5. The number of nitrogens with one attached hydrogen (secondary N) is 1. The normalized spacial score (nSPS) is 12.0. The Labute approximate surface area is 117 Å². The van der Waals surface area contributed by atoms with E-state index in [1.165, 1.54) is 4.90 Å². The summed E-state index contributed by atoms with van der Waals surface area (Å²) >= 11 is 0. The van der Waals surface area contributed by atoms with E-state index in [0.717, 1.165) is 0 Å². The number of anilines is 1. The molecular formula is C14H19FN2O3. The van der Waals surface area contributed by atoms with Gasteiger partial charge in [0, 0.05) is 5.69 Å². The van der Waals surface area contributed by atoms with Crippen molar-refractivity contribution in [1.29, 1.82) is 0 Å². The summed E-state index contributed by atoms with van der Waals surface area (Å²) in [5.41, 5.74) is 0.583. The van der Waals surface area contributed by atoms with Crippen LogP contribution in [0.2, 0.25) is 0 Å². The Morgan fingerprint density at radius 3 is 2.35 bits per heavy atom. The van der Waals surface area contributed by atoms with Gasteiger partial charge >= 0.3 is 5.97 Å². The van der Waals surface area contributed by atoms with Crippen molar-refractivity contribution in [2.24, 2.45) is 5.92 Å². The Morgan fingerprint density at radius 2 is 1.90 bits per heavy atom. The van der Waals surface area contributed by atoms with Gasteiger partial charge in [-0.15, -0.1) is 0 Å². The predicted octanol–water partition coefficient (Wildman–Crippen LogP) is 1.65. The highest BCUT2D eigenvalue weighted by atomic mass is 19.1. The molecule has 0 heterocycles. The van der Waals surface area contributed by atoms with E-state index >= 15 is 0 Å². The summed E-state index contributed by atoms with van der Waals surface area (Å²) in [5, 5.41) is 10.9. The second kappa shape index (κ2) is 7.47. The maximum atomic E-state index is 13.3. The van der Waals surface area contributed by atoms with Crippen LogP contribution < -0.4 is 10.2 Å². The fourth-order valence-electron chi connectivity index (χ4n) is 1.99. The summed E-state index contributed by atoms with van der Waals surface area (Å²) in [6, 6.07) is 7.96. The number of para-hydroxylation sites is 1. The molecule has 0 bridgehead atoms. The molecule has 5 nitrogen and oxygen atoms in total. The quantitative estimate of drug-likeness (QED) is 0.746. The molecule has 6 heteroatoms. The molecule has 0 saturated heterocycles. The number of carboxylic acids is 1. The van der Waals surface area contributed by atoms with Crippen molar-refractivity contribution in [1.82, 2.24) is 5.32 Å². The lowest BCUT2D eigenvalue weighted by molar-refractivity contribution is -0.138. The van der Waals surface area contributed by atoms with E-state index < -0.39 is 31.3 Å². The summed E-state index contributed by atoms with van der Waals surface area (Å²) in [6.07, 6.45) is 0. The van der Waals surface area contributed by atoms with E-state index in [1.54, 1.807) is 44.2 Å². The van der Waals surface area contributed by atoms with Gasteiger partial charge in [-0.2, -0.15) is 0 Å². The first-order valence-electron chi connectivity index (χ1n) is 6.34. The van der Waals surface area contributed by atoms with Crippen LogP contribution in [0.25, 0.3) is 0 Å². The minimum Gasteiger partial charge on any atom is -0.480 e. The number of alkyl halides is 1. The molecule has 1 aromatic rings. The summed E-state index contributed by atoms with van der Waals surface area (Å²) in [7, 11) is 0. The lowest BCUT2D eigenvalue weighted by Gasteiger charge is -2.32. The number of carbonyl (C=O) groups is 2. The molecule has 0 aromatic heterocycles. The Kier molecular flexibility index (Phi) is 5.96. The van der Waals surface area contributed by atoms with E-state index in [-0.39, 0.29) is 5.92 Å². The van der Waals surface area contributed by atoms with Gasteiger partial charge in [0.25, 0.3) is 0 Å². The van der Waals surface area contributed by atoms with Crippen LogP contribution in [0.5, 0.6) is 0 Å². The van der Waals surface area contributed by atoms with Gasteiger partial charge in [-0.1, -0.05) is 32.0 Å². The first kappa shape index (κ1) is 15.9. The van der Waals surface area contributed by atoms with Crippen LogP contribution in [0, 0.1) is 5.92 Å². The maximum Gasteiger partial charge on any atom is 0.322 e. The fraction of sp³-hybridized carbons (Fsp3) is 0.429. The summed E-state index contributed by atoms with van der Waals surface area (Å²) in [4.78, 5) is 23.9. The Morgan fingerprint density at radius 1 is 1.30 bits per heavy atom.